The number of rotatable bonds is 2. The van der Waals surface area contributed by atoms with Crippen LogP contribution in [-0.4, -0.2) is 13.4 Å². The van der Waals surface area contributed by atoms with Gasteiger partial charge in [0.25, 0.3) is 0 Å². The van der Waals surface area contributed by atoms with Crippen molar-refractivity contribution < 1.29 is 10.9 Å². The molecule has 2 heteroatoms. The van der Waals surface area contributed by atoms with E-state index in [9.17, 15) is 4.79 Å². The summed E-state index contributed by atoms with van der Waals surface area (Å²) >= 11 is 0. The first-order chi connectivity index (χ1) is 5.27. The molecule has 0 heterocycles. The van der Waals surface area contributed by atoms with Crippen LogP contribution in [0, 0.1) is 0 Å². The number of para-hydroxylation sites is 1. The van der Waals surface area contributed by atoms with Gasteiger partial charge in [0, 0.05) is 0 Å². The van der Waals surface area contributed by atoms with Gasteiger partial charge >= 0.3 is 0 Å². The zero-order chi connectivity index (χ0) is 8.27. The Kier molecular flexibility index (Phi) is 1.65. The maximum absolute atomic E-state index is 10.4. The Morgan fingerprint density at radius 3 is 3.10 bits per heavy atom. The number of benzene rings is 1. The van der Waals surface area contributed by atoms with Crippen LogP contribution < -0.4 is 4.74 Å². The predicted octanol–water partition coefficient (Wildman–Crippen LogP) is 1.51. The van der Waals surface area contributed by atoms with Crippen LogP contribution in [0.3, 0.4) is 0 Å². The molecule has 0 aliphatic carbocycles. The van der Waals surface area contributed by atoms with Crippen LogP contribution in [0.2, 0.25) is 0 Å². The van der Waals surface area contributed by atoms with E-state index in [0.717, 1.165) is 0 Å². The highest BCUT2D eigenvalue weighted by Crippen LogP contribution is 2.13. The molecule has 0 aromatic heterocycles. The summed E-state index contributed by atoms with van der Waals surface area (Å²) in [6.07, 6.45) is 0.677. The summed E-state index contributed by atoms with van der Waals surface area (Å²) in [5.74, 6) is 0.510. The van der Waals surface area contributed by atoms with Crippen LogP contribution in [0.25, 0.3) is 0 Å². The molecule has 0 fully saturated rings. The highest BCUT2D eigenvalue weighted by atomic mass is 16.5. The topological polar surface area (TPSA) is 26.3 Å². The summed E-state index contributed by atoms with van der Waals surface area (Å²) in [7, 11) is 1.49. The van der Waals surface area contributed by atoms with Gasteiger partial charge in [-0.2, -0.15) is 0 Å². The second-order valence-electron chi connectivity index (χ2n) is 1.79. The van der Waals surface area contributed by atoms with Crippen LogP contribution in [0.15, 0.2) is 24.2 Å². The van der Waals surface area contributed by atoms with Crippen LogP contribution in [0.4, 0.5) is 0 Å². The van der Waals surface area contributed by atoms with E-state index in [-0.39, 0.29) is 0 Å². The highest BCUT2D eigenvalue weighted by molar-refractivity contribution is 5.79. The third-order valence-corrected chi connectivity index (χ3v) is 1.20. The molecule has 10 heavy (non-hydrogen) atoms. The molecule has 0 saturated heterocycles. The smallest absolute Gasteiger partial charge is 0.153 e. The largest absolute Gasteiger partial charge is 0.496 e. The van der Waals surface area contributed by atoms with E-state index in [2.05, 4.69) is 0 Å². The van der Waals surface area contributed by atoms with Crippen molar-refractivity contribution in [3.05, 3.63) is 29.8 Å². The molecule has 52 valence electrons. The summed E-state index contributed by atoms with van der Waals surface area (Å²) in [6, 6.07) is 4.96. The molecule has 0 radical (unpaired) electrons. The van der Waals surface area contributed by atoms with Gasteiger partial charge in [0.15, 0.2) is 6.29 Å². The van der Waals surface area contributed by atoms with E-state index in [4.69, 9.17) is 6.11 Å². The lowest BCUT2D eigenvalue weighted by atomic mass is 10.2. The van der Waals surface area contributed by atoms with Gasteiger partial charge in [-0.1, -0.05) is 12.1 Å². The minimum absolute atomic E-state index is 0.313. The van der Waals surface area contributed by atoms with Crippen molar-refractivity contribution in [1.29, 1.82) is 0 Å². The summed E-state index contributed by atoms with van der Waals surface area (Å²) < 4.78 is 12.1. The number of hydrogen-bond acceptors (Lipinski definition) is 2. The molecule has 1 aromatic carbocycles. The van der Waals surface area contributed by atoms with Gasteiger partial charge in [0.1, 0.15) is 5.75 Å². The Bertz CT molecular complexity index is 271. The quantitative estimate of drug-likeness (QED) is 0.577. The van der Waals surface area contributed by atoms with Gasteiger partial charge in [-0.15, -0.1) is 0 Å². The Balaban J connectivity index is 3.16. The van der Waals surface area contributed by atoms with Gasteiger partial charge in [-0.05, 0) is 12.1 Å². The molecule has 0 atom stereocenters. The fourth-order valence-electron chi connectivity index (χ4n) is 0.707. The third-order valence-electron chi connectivity index (χ3n) is 1.20. The van der Waals surface area contributed by atoms with Crippen molar-refractivity contribution in [3.63, 3.8) is 0 Å². The molecule has 0 amide bonds. The molecule has 2 nitrogen and oxygen atoms in total. The molecule has 1 rings (SSSR count). The molecular formula is C8H8O2. The van der Waals surface area contributed by atoms with E-state index >= 15 is 0 Å². The van der Waals surface area contributed by atoms with Crippen molar-refractivity contribution in [3.8, 4) is 5.75 Å². The van der Waals surface area contributed by atoms with Crippen molar-refractivity contribution >= 4 is 6.29 Å². The lowest BCUT2D eigenvalue weighted by Gasteiger charge is -1.99. The summed E-state index contributed by atoms with van der Waals surface area (Å²) in [4.78, 5) is 10.4. The summed E-state index contributed by atoms with van der Waals surface area (Å²) in [5.41, 5.74) is 0.417. The number of ether oxygens (including phenoxy) is 1. The van der Waals surface area contributed by atoms with E-state index in [1.165, 1.54) is 13.2 Å². The summed E-state index contributed by atoms with van der Waals surface area (Å²) in [5, 5.41) is 0. The number of carbonyl (C=O) groups is 1. The van der Waals surface area contributed by atoms with Crippen LogP contribution in [0.5, 0.6) is 5.75 Å². The van der Waals surface area contributed by atoms with Crippen molar-refractivity contribution in [2.24, 2.45) is 0 Å². The molecule has 0 bridgehead atoms. The first kappa shape index (κ1) is 5.47. The van der Waals surface area contributed by atoms with Gasteiger partial charge in [0.05, 0.1) is 14.0 Å². The Morgan fingerprint density at radius 1 is 1.70 bits per heavy atom. The lowest BCUT2D eigenvalue weighted by Crippen LogP contribution is -1.88. The van der Waals surface area contributed by atoms with E-state index in [1.54, 1.807) is 12.1 Å². The zero-order valence-corrected chi connectivity index (χ0v) is 5.63. The molecule has 0 aliphatic heterocycles. The average molecular weight is 137 g/mol. The third kappa shape index (κ3) is 1.16. The van der Waals surface area contributed by atoms with Crippen molar-refractivity contribution in [1.82, 2.24) is 0 Å². The molecule has 0 N–H and O–H groups in total. The Labute approximate surface area is 60.8 Å². The molecule has 1 aromatic rings. The first-order valence-electron chi connectivity index (χ1n) is 3.37. The summed E-state index contributed by atoms with van der Waals surface area (Å²) in [6.45, 7) is 0. The van der Waals surface area contributed by atoms with E-state index < -0.39 is 0 Å². The second-order valence-corrected chi connectivity index (χ2v) is 1.79. The normalized spacial score (nSPS) is 10.3. The van der Waals surface area contributed by atoms with Gasteiger partial charge < -0.3 is 4.74 Å². The minimum Gasteiger partial charge on any atom is -0.496 e. The highest BCUT2D eigenvalue weighted by Gasteiger charge is 1.96. The maximum atomic E-state index is 10.4. The standard InChI is InChI=1S/C8H8O2/c1-10-8-5-3-2-4-7(8)6-9/h2-6H,1H3/i2D. The van der Waals surface area contributed by atoms with Gasteiger partial charge in [-0.3, -0.25) is 4.79 Å². The molecule has 0 unspecified atom stereocenters. The molecule has 0 saturated carbocycles. The van der Waals surface area contributed by atoms with E-state index in [0.29, 0.717) is 23.6 Å². The average Bonchev–Trinajstić information content (AvgIpc) is 2.04. The minimum atomic E-state index is 0.313. The number of hydrogen-bond donors (Lipinski definition) is 0. The zero-order valence-electron chi connectivity index (χ0n) is 6.63. The number of methoxy groups -OCH3 is 1. The van der Waals surface area contributed by atoms with Crippen LogP contribution >= 0.6 is 0 Å². The molecular weight excluding hydrogens is 128 g/mol. The second kappa shape index (κ2) is 3.01. The lowest BCUT2D eigenvalue weighted by molar-refractivity contribution is 0.112. The predicted molar refractivity (Wildman–Crippen MR) is 38.4 cm³/mol. The van der Waals surface area contributed by atoms with Crippen LogP contribution in [-0.2, 0) is 0 Å². The van der Waals surface area contributed by atoms with Crippen molar-refractivity contribution in [2.75, 3.05) is 7.11 Å². The Hall–Kier alpha value is -1.31. The number of aldehydes is 1. The molecule has 0 aliphatic rings. The SMILES string of the molecule is [2H]c1ccc(OC)c(C=O)c1. The van der Waals surface area contributed by atoms with Gasteiger partial charge in [0.2, 0.25) is 0 Å². The first-order valence-corrected chi connectivity index (χ1v) is 2.87. The van der Waals surface area contributed by atoms with Gasteiger partial charge in [-0.25, -0.2) is 0 Å². The Morgan fingerprint density at radius 2 is 2.50 bits per heavy atom. The molecule has 0 spiro atoms. The van der Waals surface area contributed by atoms with Crippen molar-refractivity contribution in [2.45, 2.75) is 0 Å². The van der Waals surface area contributed by atoms with E-state index in [1.807, 2.05) is 0 Å². The monoisotopic (exact) mass is 137 g/mol. The maximum Gasteiger partial charge on any atom is 0.153 e. The fraction of sp³-hybridized carbons (Fsp3) is 0.125. The fourth-order valence-corrected chi connectivity index (χ4v) is 0.707. The number of carbonyl (C=O) groups excluding carboxylic acids is 1. The van der Waals surface area contributed by atoms with Crippen LogP contribution in [0.1, 0.15) is 11.7 Å².